The predicted molar refractivity (Wildman–Crippen MR) is 75.1 cm³/mol. The van der Waals surface area contributed by atoms with Crippen molar-refractivity contribution in [2.24, 2.45) is 0 Å². The van der Waals surface area contributed by atoms with Crippen LogP contribution >= 0.6 is 11.6 Å². The van der Waals surface area contributed by atoms with Gasteiger partial charge in [0.25, 0.3) is 5.91 Å². The first-order valence-corrected chi connectivity index (χ1v) is 6.97. The van der Waals surface area contributed by atoms with Crippen LogP contribution < -0.4 is 0 Å². The molecule has 0 spiro atoms. The molecule has 1 aromatic rings. The molecule has 0 unspecified atom stereocenters. The average Bonchev–Trinajstić information content (AvgIpc) is 2.28. The molecule has 1 fully saturated rings. The van der Waals surface area contributed by atoms with Crippen molar-refractivity contribution in [2.75, 3.05) is 0 Å². The number of aryl methyl sites for hydroxylation is 1. The summed E-state index contributed by atoms with van der Waals surface area (Å²) in [5, 5.41) is 0.560. The third kappa shape index (κ3) is 2.54. The number of carbonyl (C=O) groups is 1. The van der Waals surface area contributed by atoms with Crippen molar-refractivity contribution in [2.45, 2.75) is 52.1 Å². The normalized spacial score (nSPS) is 24.1. The minimum absolute atomic E-state index is 0.0692. The molecule has 1 aromatic carbocycles. The molecule has 1 heterocycles. The Hall–Kier alpha value is -1.02. The monoisotopic (exact) mass is 265 g/mol. The van der Waals surface area contributed by atoms with Gasteiger partial charge in [0.15, 0.2) is 0 Å². The molecule has 2 nitrogen and oxygen atoms in total. The van der Waals surface area contributed by atoms with Crippen molar-refractivity contribution in [3.63, 3.8) is 0 Å². The molecule has 0 saturated carbocycles. The zero-order chi connectivity index (χ0) is 13.3. The molecule has 0 aliphatic carbocycles. The molecule has 0 N–H and O–H groups in total. The molecule has 0 bridgehead atoms. The van der Waals surface area contributed by atoms with Crippen molar-refractivity contribution in [3.8, 4) is 0 Å². The van der Waals surface area contributed by atoms with E-state index in [0.29, 0.717) is 22.7 Å². The van der Waals surface area contributed by atoms with Gasteiger partial charge in [-0.05, 0) is 57.7 Å². The summed E-state index contributed by atoms with van der Waals surface area (Å²) in [5.41, 5.74) is 1.71. The number of rotatable bonds is 1. The molecule has 0 radical (unpaired) electrons. The third-order valence-corrected chi connectivity index (χ3v) is 4.10. The van der Waals surface area contributed by atoms with Gasteiger partial charge in [0.05, 0.1) is 10.6 Å². The Bertz CT molecular complexity index is 448. The summed E-state index contributed by atoms with van der Waals surface area (Å²) < 4.78 is 0. The maximum Gasteiger partial charge on any atom is 0.255 e. The van der Waals surface area contributed by atoms with Crippen molar-refractivity contribution in [1.82, 2.24) is 4.90 Å². The van der Waals surface area contributed by atoms with Gasteiger partial charge in [0, 0.05) is 12.1 Å². The highest BCUT2D eigenvalue weighted by Crippen LogP contribution is 2.27. The fourth-order valence-corrected chi connectivity index (χ4v) is 3.07. The number of amides is 1. The summed E-state index contributed by atoms with van der Waals surface area (Å²) in [7, 11) is 0. The van der Waals surface area contributed by atoms with Crippen LogP contribution in [-0.2, 0) is 0 Å². The topological polar surface area (TPSA) is 20.3 Å². The van der Waals surface area contributed by atoms with E-state index in [1.165, 1.54) is 6.42 Å². The van der Waals surface area contributed by atoms with Gasteiger partial charge in [-0.3, -0.25) is 4.79 Å². The van der Waals surface area contributed by atoms with Crippen LogP contribution in [0, 0.1) is 6.92 Å². The van der Waals surface area contributed by atoms with E-state index in [-0.39, 0.29) is 5.91 Å². The van der Waals surface area contributed by atoms with Gasteiger partial charge in [-0.15, -0.1) is 0 Å². The van der Waals surface area contributed by atoms with E-state index >= 15 is 0 Å². The molecule has 1 saturated heterocycles. The molecule has 3 heteroatoms. The Morgan fingerprint density at radius 1 is 1.28 bits per heavy atom. The maximum absolute atomic E-state index is 12.6. The van der Waals surface area contributed by atoms with Crippen LogP contribution in [0.5, 0.6) is 0 Å². The summed E-state index contributed by atoms with van der Waals surface area (Å²) in [6.07, 6.45) is 3.37. The van der Waals surface area contributed by atoms with Crippen molar-refractivity contribution in [3.05, 3.63) is 34.3 Å². The zero-order valence-corrected chi connectivity index (χ0v) is 12.0. The van der Waals surface area contributed by atoms with Gasteiger partial charge in [-0.25, -0.2) is 0 Å². The van der Waals surface area contributed by atoms with Gasteiger partial charge in [-0.1, -0.05) is 17.7 Å². The first-order chi connectivity index (χ1) is 8.50. The highest BCUT2D eigenvalue weighted by atomic mass is 35.5. The van der Waals surface area contributed by atoms with Gasteiger partial charge in [0.2, 0.25) is 0 Å². The Morgan fingerprint density at radius 3 is 2.44 bits per heavy atom. The van der Waals surface area contributed by atoms with Crippen LogP contribution in [-0.4, -0.2) is 22.9 Å². The van der Waals surface area contributed by atoms with Crippen LogP contribution in [0.2, 0.25) is 5.02 Å². The van der Waals surface area contributed by atoms with Crippen LogP contribution in [0.1, 0.15) is 49.0 Å². The molecular weight excluding hydrogens is 246 g/mol. The molecular formula is C15H20ClNO. The van der Waals surface area contributed by atoms with Crippen LogP contribution in [0.15, 0.2) is 18.2 Å². The lowest BCUT2D eigenvalue weighted by molar-refractivity contribution is 0.0511. The highest BCUT2D eigenvalue weighted by Gasteiger charge is 2.30. The molecule has 1 aliphatic rings. The summed E-state index contributed by atoms with van der Waals surface area (Å²) in [4.78, 5) is 14.6. The molecule has 0 aromatic heterocycles. The zero-order valence-electron chi connectivity index (χ0n) is 11.2. The Labute approximate surface area is 114 Å². The molecule has 98 valence electrons. The number of carbonyl (C=O) groups excluding carboxylic acids is 1. The fourth-order valence-electron chi connectivity index (χ4n) is 2.75. The lowest BCUT2D eigenvalue weighted by atomic mass is 9.96. The van der Waals surface area contributed by atoms with E-state index in [1.54, 1.807) is 0 Å². The van der Waals surface area contributed by atoms with Crippen LogP contribution in [0.4, 0.5) is 0 Å². The van der Waals surface area contributed by atoms with E-state index in [1.807, 2.05) is 30.0 Å². The van der Waals surface area contributed by atoms with E-state index in [0.717, 1.165) is 18.4 Å². The summed E-state index contributed by atoms with van der Waals surface area (Å²) in [6, 6.07) is 6.25. The first-order valence-electron chi connectivity index (χ1n) is 6.59. The third-order valence-electron chi connectivity index (χ3n) is 3.78. The molecule has 1 aliphatic heterocycles. The minimum atomic E-state index is 0.0692. The molecule has 1 amide bonds. The average molecular weight is 266 g/mol. The quantitative estimate of drug-likeness (QED) is 0.750. The summed E-state index contributed by atoms with van der Waals surface area (Å²) >= 11 is 6.19. The molecule has 2 atom stereocenters. The van der Waals surface area contributed by atoms with Gasteiger partial charge < -0.3 is 4.90 Å². The Kier molecular flexibility index (Phi) is 3.96. The summed E-state index contributed by atoms with van der Waals surface area (Å²) in [5.74, 6) is 0.0692. The van der Waals surface area contributed by atoms with Gasteiger partial charge >= 0.3 is 0 Å². The second-order valence-electron chi connectivity index (χ2n) is 5.32. The largest absolute Gasteiger partial charge is 0.333 e. The number of hydrogen-bond donors (Lipinski definition) is 0. The fraction of sp³-hybridized carbons (Fsp3) is 0.533. The number of hydrogen-bond acceptors (Lipinski definition) is 1. The van der Waals surface area contributed by atoms with Gasteiger partial charge in [-0.2, -0.15) is 0 Å². The number of nitrogens with zero attached hydrogens (tertiary/aromatic N) is 1. The Morgan fingerprint density at radius 2 is 1.89 bits per heavy atom. The predicted octanol–water partition coefficient (Wildman–Crippen LogP) is 4.05. The maximum atomic E-state index is 12.6. The van der Waals surface area contributed by atoms with Gasteiger partial charge in [0.1, 0.15) is 0 Å². The van der Waals surface area contributed by atoms with Crippen molar-refractivity contribution < 1.29 is 4.79 Å². The standard InChI is InChI=1S/C15H20ClNO/c1-10-7-8-13(14(16)9-10)15(18)17-11(2)5-4-6-12(17)3/h7-9,11-12H,4-6H2,1-3H3/t11-,12+. The SMILES string of the molecule is Cc1ccc(C(=O)N2[C@H](C)CCC[C@@H]2C)c(Cl)c1. The van der Waals surface area contributed by atoms with Crippen molar-refractivity contribution >= 4 is 17.5 Å². The van der Waals surface area contributed by atoms with E-state index in [9.17, 15) is 4.79 Å². The van der Waals surface area contributed by atoms with Crippen molar-refractivity contribution in [1.29, 1.82) is 0 Å². The van der Waals surface area contributed by atoms with E-state index < -0.39 is 0 Å². The number of benzene rings is 1. The Balaban J connectivity index is 2.29. The molecule has 2 rings (SSSR count). The summed E-state index contributed by atoms with van der Waals surface area (Å²) in [6.45, 7) is 6.22. The first kappa shape index (κ1) is 13.4. The number of likely N-dealkylation sites (tertiary alicyclic amines) is 1. The lowest BCUT2D eigenvalue weighted by Gasteiger charge is -2.39. The lowest BCUT2D eigenvalue weighted by Crippen LogP contribution is -2.47. The number of halogens is 1. The number of piperidine rings is 1. The highest BCUT2D eigenvalue weighted by molar-refractivity contribution is 6.33. The van der Waals surface area contributed by atoms with E-state index in [4.69, 9.17) is 11.6 Å². The second-order valence-corrected chi connectivity index (χ2v) is 5.73. The molecule has 18 heavy (non-hydrogen) atoms. The second kappa shape index (κ2) is 5.31. The van der Waals surface area contributed by atoms with Crippen LogP contribution in [0.25, 0.3) is 0 Å². The van der Waals surface area contributed by atoms with E-state index in [2.05, 4.69) is 13.8 Å². The smallest absolute Gasteiger partial charge is 0.255 e. The minimum Gasteiger partial charge on any atom is -0.333 e. The van der Waals surface area contributed by atoms with Crippen LogP contribution in [0.3, 0.4) is 0 Å².